The zero-order valence-corrected chi connectivity index (χ0v) is 62.7. The third-order valence-electron chi connectivity index (χ3n) is 17.4. The number of aliphatic hydroxyl groups is 1. The number of phosphoric ester groups is 2. The molecule has 0 aliphatic carbocycles. The Morgan fingerprint density at radius 3 is 0.763 bits per heavy atom. The first kappa shape index (κ1) is 91.1. The van der Waals surface area contributed by atoms with Gasteiger partial charge in [-0.2, -0.15) is 0 Å². The first-order chi connectivity index (χ1) is 44.6. The second-order valence-corrected chi connectivity index (χ2v) is 31.3. The van der Waals surface area contributed by atoms with E-state index in [1.54, 1.807) is 0 Å². The van der Waals surface area contributed by atoms with Crippen LogP contribution in [0.5, 0.6) is 0 Å². The van der Waals surface area contributed by atoms with Gasteiger partial charge >= 0.3 is 39.5 Å². The highest BCUT2D eigenvalue weighted by Crippen LogP contribution is 2.45. The summed E-state index contributed by atoms with van der Waals surface area (Å²) in [7, 11) is -9.91. The fourth-order valence-electron chi connectivity index (χ4n) is 11.2. The summed E-state index contributed by atoms with van der Waals surface area (Å²) in [4.78, 5) is 72.7. The number of esters is 4. The molecular weight excluding hydrogens is 1220 g/mol. The minimum atomic E-state index is -4.96. The lowest BCUT2D eigenvalue weighted by molar-refractivity contribution is -0.161. The number of aliphatic hydroxyl groups excluding tert-OH is 1. The van der Waals surface area contributed by atoms with Crippen molar-refractivity contribution in [1.29, 1.82) is 0 Å². The Bertz CT molecular complexity index is 1840. The number of carbonyl (C=O) groups is 4. The van der Waals surface area contributed by atoms with E-state index in [-0.39, 0.29) is 25.7 Å². The van der Waals surface area contributed by atoms with Crippen LogP contribution in [0, 0.1) is 23.7 Å². The van der Waals surface area contributed by atoms with E-state index in [9.17, 15) is 43.2 Å². The Morgan fingerprint density at radius 2 is 0.516 bits per heavy atom. The molecule has 6 atom stereocenters. The molecule has 0 rings (SSSR count). The molecule has 0 saturated heterocycles. The van der Waals surface area contributed by atoms with Crippen molar-refractivity contribution in [3.63, 3.8) is 0 Å². The van der Waals surface area contributed by atoms with Crippen LogP contribution in [0.1, 0.15) is 370 Å². The normalized spacial score (nSPS) is 14.5. The molecule has 3 N–H and O–H groups in total. The van der Waals surface area contributed by atoms with Crippen molar-refractivity contribution in [1.82, 2.24) is 0 Å². The summed E-state index contributed by atoms with van der Waals surface area (Å²) >= 11 is 0. The molecule has 0 bridgehead atoms. The van der Waals surface area contributed by atoms with Crippen LogP contribution in [0.4, 0.5) is 0 Å². The molecule has 0 aromatic rings. The number of rotatable bonds is 71. The van der Waals surface area contributed by atoms with Crippen molar-refractivity contribution in [2.24, 2.45) is 23.7 Å². The number of unbranched alkanes of at least 4 members (excludes halogenated alkanes) is 36. The van der Waals surface area contributed by atoms with Crippen LogP contribution in [-0.4, -0.2) is 96.7 Å². The highest BCUT2D eigenvalue weighted by Gasteiger charge is 2.30. The van der Waals surface area contributed by atoms with Crippen molar-refractivity contribution in [3.8, 4) is 0 Å². The molecule has 0 aliphatic heterocycles. The van der Waals surface area contributed by atoms with Gasteiger partial charge in [0.2, 0.25) is 0 Å². The van der Waals surface area contributed by atoms with Gasteiger partial charge in [0.15, 0.2) is 12.2 Å². The fraction of sp³-hybridized carbons (Fsp3) is 0.946. The maximum absolute atomic E-state index is 13.1. The summed E-state index contributed by atoms with van der Waals surface area (Å²) in [5.41, 5.74) is 0. The monoisotopic (exact) mass is 1370 g/mol. The Labute approximate surface area is 568 Å². The third kappa shape index (κ3) is 67.0. The molecule has 4 unspecified atom stereocenters. The van der Waals surface area contributed by atoms with Crippen LogP contribution in [0.15, 0.2) is 0 Å². The second-order valence-electron chi connectivity index (χ2n) is 28.4. The lowest BCUT2D eigenvalue weighted by Gasteiger charge is -2.21. The van der Waals surface area contributed by atoms with E-state index in [0.29, 0.717) is 31.6 Å². The average molecular weight is 1370 g/mol. The first-order valence-electron chi connectivity index (χ1n) is 38.2. The van der Waals surface area contributed by atoms with Gasteiger partial charge < -0.3 is 33.8 Å². The second kappa shape index (κ2) is 63.5. The maximum Gasteiger partial charge on any atom is 0.472 e. The number of carbonyl (C=O) groups excluding carboxylic acids is 4. The largest absolute Gasteiger partial charge is 0.472 e. The molecule has 93 heavy (non-hydrogen) atoms. The van der Waals surface area contributed by atoms with Gasteiger partial charge in [-0.1, -0.05) is 319 Å². The first-order valence-corrected chi connectivity index (χ1v) is 41.2. The molecule has 19 heteroatoms. The standard InChI is InChI=1S/C74H144O17P2/c1-9-67(8)53-45-37-29-23-24-30-38-46-54-71(76)84-60-69(90-73(78)56-48-40-31-21-17-12-10-11-15-19-26-34-42-50-64(2)3)62-88-92(80,81)86-58-68(75)59-87-93(82,83)89-63-70(61-85-72(77)55-47-39-33-25-28-36-44-52-66(6)7)91-74(79)57-49-41-32-22-18-14-13-16-20-27-35-43-51-65(4)5/h64-70,75H,9-63H2,1-8H3,(H,80,81)(H,82,83)/t67?,68?,69-,70-/m1/s1. The summed E-state index contributed by atoms with van der Waals surface area (Å²) in [5, 5.41) is 10.6. The molecule has 552 valence electrons. The molecule has 0 radical (unpaired) electrons. The van der Waals surface area contributed by atoms with Crippen molar-refractivity contribution >= 4 is 39.5 Å². The van der Waals surface area contributed by atoms with Crippen molar-refractivity contribution in [2.75, 3.05) is 39.6 Å². The summed E-state index contributed by atoms with van der Waals surface area (Å²) in [6.07, 6.45) is 47.2. The van der Waals surface area contributed by atoms with Crippen LogP contribution in [-0.2, 0) is 65.4 Å². The van der Waals surface area contributed by atoms with E-state index in [1.165, 1.54) is 167 Å². The van der Waals surface area contributed by atoms with E-state index in [2.05, 4.69) is 55.4 Å². The molecule has 0 heterocycles. The van der Waals surface area contributed by atoms with E-state index >= 15 is 0 Å². The van der Waals surface area contributed by atoms with Gasteiger partial charge in [-0.15, -0.1) is 0 Å². The molecule has 0 aliphatic rings. The smallest absolute Gasteiger partial charge is 0.462 e. The SMILES string of the molecule is CCC(C)CCCCCCCCCCC(=O)OC[C@H](COP(=O)(O)OCC(O)COP(=O)(O)OC[C@@H](COC(=O)CCCCCCCCCC(C)C)OC(=O)CCCCCCCCCCCCCCC(C)C)OC(=O)CCCCCCCCCCCCCCCC(C)C. The molecule has 0 amide bonds. The lowest BCUT2D eigenvalue weighted by atomic mass is 9.99. The summed E-state index contributed by atoms with van der Waals surface area (Å²) in [6, 6.07) is 0. The van der Waals surface area contributed by atoms with E-state index in [0.717, 1.165) is 114 Å². The van der Waals surface area contributed by atoms with Crippen molar-refractivity contribution in [3.05, 3.63) is 0 Å². The molecule has 0 aromatic carbocycles. The molecule has 0 aromatic heterocycles. The predicted octanol–water partition coefficient (Wildman–Crippen LogP) is 21.3. The van der Waals surface area contributed by atoms with Crippen molar-refractivity contribution < 1.29 is 80.2 Å². The Kier molecular flexibility index (Phi) is 62.2. The van der Waals surface area contributed by atoms with E-state index < -0.39 is 97.5 Å². The third-order valence-corrected chi connectivity index (χ3v) is 19.3. The molecule has 0 fully saturated rings. The highest BCUT2D eigenvalue weighted by atomic mass is 31.2. The van der Waals surface area contributed by atoms with Crippen LogP contribution < -0.4 is 0 Å². The zero-order valence-electron chi connectivity index (χ0n) is 60.9. The topological polar surface area (TPSA) is 237 Å². The fourth-order valence-corrected chi connectivity index (χ4v) is 12.7. The summed E-state index contributed by atoms with van der Waals surface area (Å²) < 4.78 is 68.5. The van der Waals surface area contributed by atoms with Crippen LogP contribution in [0.2, 0.25) is 0 Å². The van der Waals surface area contributed by atoms with Gasteiger partial charge in [0.1, 0.15) is 19.3 Å². The summed E-state index contributed by atoms with van der Waals surface area (Å²) in [5.74, 6) is 0.922. The Morgan fingerprint density at radius 1 is 0.301 bits per heavy atom. The van der Waals surface area contributed by atoms with E-state index in [4.69, 9.17) is 37.0 Å². The number of hydrogen-bond donors (Lipinski definition) is 3. The van der Waals surface area contributed by atoms with E-state index in [1.807, 2.05) is 0 Å². The lowest BCUT2D eigenvalue weighted by Crippen LogP contribution is -2.30. The average Bonchev–Trinajstić information content (AvgIpc) is 2.03. The molecule has 0 saturated carbocycles. The summed E-state index contributed by atoms with van der Waals surface area (Å²) in [6.45, 7) is 14.2. The van der Waals surface area contributed by atoms with Crippen LogP contribution in [0.25, 0.3) is 0 Å². The predicted molar refractivity (Wildman–Crippen MR) is 377 cm³/mol. The minimum absolute atomic E-state index is 0.106. The van der Waals surface area contributed by atoms with Gasteiger partial charge in [-0.25, -0.2) is 9.13 Å². The van der Waals surface area contributed by atoms with Crippen LogP contribution >= 0.6 is 15.6 Å². The zero-order chi connectivity index (χ0) is 68.9. The maximum atomic E-state index is 13.1. The number of ether oxygens (including phenoxy) is 4. The van der Waals surface area contributed by atoms with Gasteiger partial charge in [0.25, 0.3) is 0 Å². The van der Waals surface area contributed by atoms with Crippen molar-refractivity contribution in [2.45, 2.75) is 388 Å². The highest BCUT2D eigenvalue weighted by molar-refractivity contribution is 7.47. The molecular formula is C74H144O17P2. The van der Waals surface area contributed by atoms with Gasteiger partial charge in [-0.3, -0.25) is 37.3 Å². The molecule has 0 spiro atoms. The van der Waals surface area contributed by atoms with Gasteiger partial charge in [0, 0.05) is 25.7 Å². The number of phosphoric acid groups is 2. The minimum Gasteiger partial charge on any atom is -0.462 e. The molecule has 17 nitrogen and oxygen atoms in total. The van der Waals surface area contributed by atoms with Gasteiger partial charge in [0.05, 0.1) is 26.4 Å². The Balaban J connectivity index is 5.26. The Hall–Kier alpha value is -1.94. The van der Waals surface area contributed by atoms with Gasteiger partial charge in [-0.05, 0) is 49.4 Å². The number of hydrogen-bond acceptors (Lipinski definition) is 15. The quantitative estimate of drug-likeness (QED) is 0.0222. The van der Waals surface area contributed by atoms with Crippen LogP contribution in [0.3, 0.4) is 0 Å².